The summed E-state index contributed by atoms with van der Waals surface area (Å²) >= 11 is 0. The standard InChI is InChI=1S/C18H21F3N2O4/c1-11(2)23-10-15(18(19,20)21)22-16(23)13-6-5-12(17(24)26-4)9-14(13)27-8-7-25-3/h5-6,9-11H,7-8H2,1-4H3. The van der Waals surface area contributed by atoms with Gasteiger partial charge in [-0.15, -0.1) is 0 Å². The first-order chi connectivity index (χ1) is 12.7. The van der Waals surface area contributed by atoms with Crippen molar-refractivity contribution in [3.8, 4) is 17.1 Å². The topological polar surface area (TPSA) is 62.6 Å². The van der Waals surface area contributed by atoms with Crippen molar-refractivity contribution in [2.75, 3.05) is 27.4 Å². The minimum Gasteiger partial charge on any atom is -0.490 e. The summed E-state index contributed by atoms with van der Waals surface area (Å²) in [4.78, 5) is 15.5. The molecule has 0 radical (unpaired) electrons. The van der Waals surface area contributed by atoms with Crippen molar-refractivity contribution < 1.29 is 32.2 Å². The number of hydrogen-bond acceptors (Lipinski definition) is 5. The number of nitrogens with zero attached hydrogens (tertiary/aromatic N) is 2. The van der Waals surface area contributed by atoms with Crippen LogP contribution in [0.15, 0.2) is 24.4 Å². The monoisotopic (exact) mass is 386 g/mol. The highest BCUT2D eigenvalue weighted by atomic mass is 19.4. The Morgan fingerprint density at radius 1 is 1.22 bits per heavy atom. The molecule has 1 aromatic heterocycles. The van der Waals surface area contributed by atoms with Gasteiger partial charge in [0.05, 0.1) is 24.8 Å². The van der Waals surface area contributed by atoms with E-state index in [1.54, 1.807) is 13.8 Å². The third-order valence-corrected chi connectivity index (χ3v) is 3.77. The van der Waals surface area contributed by atoms with Crippen molar-refractivity contribution in [3.63, 3.8) is 0 Å². The smallest absolute Gasteiger partial charge is 0.434 e. The number of carbonyl (C=O) groups excluding carboxylic acids is 1. The molecule has 1 heterocycles. The van der Waals surface area contributed by atoms with E-state index in [1.165, 1.54) is 37.0 Å². The molecule has 0 unspecified atom stereocenters. The molecule has 1 aromatic carbocycles. The predicted molar refractivity (Wildman–Crippen MR) is 91.8 cm³/mol. The summed E-state index contributed by atoms with van der Waals surface area (Å²) in [6, 6.07) is 4.10. The summed E-state index contributed by atoms with van der Waals surface area (Å²) < 4.78 is 56.1. The number of aromatic nitrogens is 2. The third kappa shape index (κ3) is 4.79. The molecule has 27 heavy (non-hydrogen) atoms. The van der Waals surface area contributed by atoms with E-state index in [0.29, 0.717) is 5.56 Å². The maximum atomic E-state index is 13.1. The number of hydrogen-bond donors (Lipinski definition) is 0. The van der Waals surface area contributed by atoms with Gasteiger partial charge in [-0.3, -0.25) is 0 Å². The molecule has 0 saturated carbocycles. The zero-order valence-corrected chi connectivity index (χ0v) is 15.5. The van der Waals surface area contributed by atoms with Gasteiger partial charge in [0.2, 0.25) is 0 Å². The largest absolute Gasteiger partial charge is 0.490 e. The molecule has 148 valence electrons. The summed E-state index contributed by atoms with van der Waals surface area (Å²) in [5.41, 5.74) is -0.443. The predicted octanol–water partition coefficient (Wildman–Crippen LogP) is 3.96. The normalized spacial score (nSPS) is 11.7. The van der Waals surface area contributed by atoms with Crippen LogP contribution in [-0.2, 0) is 15.7 Å². The molecule has 9 heteroatoms. The number of benzene rings is 1. The van der Waals surface area contributed by atoms with Gasteiger partial charge in [0.1, 0.15) is 18.2 Å². The van der Waals surface area contributed by atoms with E-state index in [-0.39, 0.29) is 36.4 Å². The Labute approximate surface area is 154 Å². The molecule has 0 spiro atoms. The summed E-state index contributed by atoms with van der Waals surface area (Å²) in [5, 5.41) is 0. The van der Waals surface area contributed by atoms with Crippen LogP contribution in [0, 0.1) is 0 Å². The van der Waals surface area contributed by atoms with E-state index < -0.39 is 17.8 Å². The minimum atomic E-state index is -4.57. The number of alkyl halides is 3. The van der Waals surface area contributed by atoms with Crippen molar-refractivity contribution in [2.45, 2.75) is 26.1 Å². The number of ether oxygens (including phenoxy) is 3. The van der Waals surface area contributed by atoms with Gasteiger partial charge in [0.15, 0.2) is 5.69 Å². The van der Waals surface area contributed by atoms with Crippen LogP contribution in [-0.4, -0.2) is 43.0 Å². The lowest BCUT2D eigenvalue weighted by atomic mass is 10.1. The van der Waals surface area contributed by atoms with Crippen molar-refractivity contribution >= 4 is 5.97 Å². The lowest BCUT2D eigenvalue weighted by Gasteiger charge is -2.15. The van der Waals surface area contributed by atoms with E-state index >= 15 is 0 Å². The average molecular weight is 386 g/mol. The average Bonchev–Trinajstić information content (AvgIpc) is 3.07. The van der Waals surface area contributed by atoms with Crippen LogP contribution in [0.5, 0.6) is 5.75 Å². The minimum absolute atomic E-state index is 0.0983. The van der Waals surface area contributed by atoms with Crippen LogP contribution >= 0.6 is 0 Å². The Morgan fingerprint density at radius 2 is 1.93 bits per heavy atom. The fraction of sp³-hybridized carbons (Fsp3) is 0.444. The van der Waals surface area contributed by atoms with Gasteiger partial charge < -0.3 is 18.8 Å². The first kappa shape index (κ1) is 20.8. The van der Waals surface area contributed by atoms with Gasteiger partial charge in [-0.1, -0.05) is 0 Å². The van der Waals surface area contributed by atoms with Crippen LogP contribution in [0.25, 0.3) is 11.4 Å². The lowest BCUT2D eigenvalue weighted by Crippen LogP contribution is -2.09. The van der Waals surface area contributed by atoms with E-state index in [2.05, 4.69) is 9.72 Å². The van der Waals surface area contributed by atoms with Crippen molar-refractivity contribution in [3.05, 3.63) is 35.7 Å². The molecule has 0 saturated heterocycles. The second kappa shape index (κ2) is 8.43. The summed E-state index contributed by atoms with van der Waals surface area (Å²) in [6.45, 7) is 3.93. The number of imidazole rings is 1. The Balaban J connectivity index is 2.58. The van der Waals surface area contributed by atoms with Crippen molar-refractivity contribution in [1.29, 1.82) is 0 Å². The number of esters is 1. The molecular weight excluding hydrogens is 365 g/mol. The SMILES string of the molecule is COCCOc1cc(C(=O)OC)ccc1-c1nc(C(F)(F)F)cn1C(C)C. The molecule has 2 aromatic rings. The van der Waals surface area contributed by atoms with Crippen LogP contribution in [0.1, 0.15) is 35.9 Å². The van der Waals surface area contributed by atoms with Crippen LogP contribution < -0.4 is 4.74 Å². The van der Waals surface area contributed by atoms with E-state index in [4.69, 9.17) is 9.47 Å². The first-order valence-corrected chi connectivity index (χ1v) is 8.19. The van der Waals surface area contributed by atoms with Crippen molar-refractivity contribution in [2.24, 2.45) is 0 Å². The summed E-state index contributed by atoms with van der Waals surface area (Å²) in [5.74, 6) is -0.265. The molecule has 0 bridgehead atoms. The highest BCUT2D eigenvalue weighted by molar-refractivity contribution is 5.91. The van der Waals surface area contributed by atoms with Gasteiger partial charge in [0, 0.05) is 19.3 Å². The second-order valence-electron chi connectivity index (χ2n) is 5.99. The molecule has 0 N–H and O–H groups in total. The fourth-order valence-corrected chi connectivity index (χ4v) is 2.43. The van der Waals surface area contributed by atoms with E-state index in [0.717, 1.165) is 6.20 Å². The second-order valence-corrected chi connectivity index (χ2v) is 5.99. The highest BCUT2D eigenvalue weighted by Crippen LogP contribution is 2.36. The molecule has 2 rings (SSSR count). The molecule has 6 nitrogen and oxygen atoms in total. The Morgan fingerprint density at radius 3 is 2.48 bits per heavy atom. The van der Waals surface area contributed by atoms with Gasteiger partial charge in [0.25, 0.3) is 0 Å². The molecular formula is C18H21F3N2O4. The molecule has 0 fully saturated rings. The van der Waals surface area contributed by atoms with Crippen LogP contribution in [0.3, 0.4) is 0 Å². The highest BCUT2D eigenvalue weighted by Gasteiger charge is 2.35. The van der Waals surface area contributed by atoms with Crippen LogP contribution in [0.2, 0.25) is 0 Å². The molecule has 0 amide bonds. The summed E-state index contributed by atoms with van der Waals surface area (Å²) in [6.07, 6.45) is -3.61. The van der Waals surface area contributed by atoms with Crippen LogP contribution in [0.4, 0.5) is 13.2 Å². The molecule has 0 aliphatic heterocycles. The Hall–Kier alpha value is -2.55. The van der Waals surface area contributed by atoms with Crippen molar-refractivity contribution in [1.82, 2.24) is 9.55 Å². The lowest BCUT2D eigenvalue weighted by molar-refractivity contribution is -0.140. The Bertz CT molecular complexity index is 800. The molecule has 0 atom stereocenters. The Kier molecular flexibility index (Phi) is 6.48. The van der Waals surface area contributed by atoms with Gasteiger partial charge in [-0.25, -0.2) is 9.78 Å². The zero-order chi connectivity index (χ0) is 20.2. The quantitative estimate of drug-likeness (QED) is 0.532. The number of methoxy groups -OCH3 is 2. The zero-order valence-electron chi connectivity index (χ0n) is 15.5. The number of carbonyl (C=O) groups is 1. The number of rotatable bonds is 7. The maximum Gasteiger partial charge on any atom is 0.434 e. The van der Waals surface area contributed by atoms with Gasteiger partial charge >= 0.3 is 12.1 Å². The fourth-order valence-electron chi connectivity index (χ4n) is 2.43. The molecule has 0 aliphatic carbocycles. The van der Waals surface area contributed by atoms with Gasteiger partial charge in [-0.2, -0.15) is 13.2 Å². The van der Waals surface area contributed by atoms with E-state index in [9.17, 15) is 18.0 Å². The molecule has 0 aliphatic rings. The summed E-state index contributed by atoms with van der Waals surface area (Å²) in [7, 11) is 2.74. The first-order valence-electron chi connectivity index (χ1n) is 8.19. The maximum absolute atomic E-state index is 13.1. The third-order valence-electron chi connectivity index (χ3n) is 3.77. The number of halogens is 3. The van der Waals surface area contributed by atoms with Gasteiger partial charge in [-0.05, 0) is 32.0 Å². The van der Waals surface area contributed by atoms with E-state index in [1.807, 2.05) is 0 Å².